The topological polar surface area (TPSA) is 104 Å². The quantitative estimate of drug-likeness (QED) is 0.493. The number of nitrogens with one attached hydrogen (secondary N) is 1. The van der Waals surface area contributed by atoms with Crippen molar-refractivity contribution in [2.24, 2.45) is 0 Å². The number of alkyl carbamates (subject to hydrolysis) is 1. The average Bonchev–Trinajstić information content (AvgIpc) is 2.91. The second-order valence-electron chi connectivity index (χ2n) is 10.8. The third kappa shape index (κ3) is 7.89. The Labute approximate surface area is 230 Å². The van der Waals surface area contributed by atoms with Crippen LogP contribution >= 0.6 is 0 Å². The van der Waals surface area contributed by atoms with Crippen LogP contribution in [0.3, 0.4) is 0 Å². The molecule has 39 heavy (non-hydrogen) atoms. The Kier molecular flexibility index (Phi) is 8.63. The van der Waals surface area contributed by atoms with Crippen molar-refractivity contribution in [3.63, 3.8) is 0 Å². The minimum atomic E-state index is -0.615. The Morgan fingerprint density at radius 2 is 1.67 bits per heavy atom. The molecule has 1 aliphatic heterocycles. The van der Waals surface area contributed by atoms with Crippen LogP contribution in [0.2, 0.25) is 0 Å². The maximum Gasteiger partial charge on any atom is 0.408 e. The molecule has 0 spiro atoms. The third-order valence-corrected chi connectivity index (χ3v) is 6.32. The van der Waals surface area contributed by atoms with Gasteiger partial charge >= 0.3 is 6.09 Å². The highest BCUT2D eigenvalue weighted by Gasteiger charge is 2.20. The molecule has 1 aromatic carbocycles. The Bertz CT molecular complexity index is 1280. The number of aryl methyl sites for hydroxylation is 1. The molecule has 0 bridgehead atoms. The van der Waals surface area contributed by atoms with Gasteiger partial charge in [0.1, 0.15) is 12.1 Å². The van der Waals surface area contributed by atoms with Gasteiger partial charge in [0.05, 0.1) is 11.9 Å². The molecule has 3 aromatic rings. The highest BCUT2D eigenvalue weighted by molar-refractivity contribution is 5.82. The first-order valence-electron chi connectivity index (χ1n) is 13.1. The number of rotatable bonds is 7. The van der Waals surface area contributed by atoms with Crippen molar-refractivity contribution in [1.29, 1.82) is 0 Å². The molecule has 2 amide bonds. The van der Waals surface area contributed by atoms with Gasteiger partial charge in [-0.1, -0.05) is 18.2 Å². The van der Waals surface area contributed by atoms with E-state index in [4.69, 9.17) is 4.74 Å². The van der Waals surface area contributed by atoms with Gasteiger partial charge in [-0.2, -0.15) is 0 Å². The summed E-state index contributed by atoms with van der Waals surface area (Å²) in [4.78, 5) is 44.0. The number of nitrogens with zero attached hydrogens (tertiary/aromatic N) is 6. The lowest BCUT2D eigenvalue weighted by Crippen LogP contribution is -2.47. The molecule has 0 unspecified atom stereocenters. The highest BCUT2D eigenvalue weighted by Crippen LogP contribution is 2.22. The molecule has 0 radical (unpaired) electrons. The third-order valence-electron chi connectivity index (χ3n) is 6.32. The van der Waals surface area contributed by atoms with E-state index in [-0.39, 0.29) is 12.5 Å². The van der Waals surface area contributed by atoms with E-state index in [1.807, 2.05) is 49.1 Å². The van der Waals surface area contributed by atoms with Crippen LogP contribution in [0, 0.1) is 6.92 Å². The van der Waals surface area contributed by atoms with E-state index in [2.05, 4.69) is 43.1 Å². The number of ether oxygens (including phenoxy) is 1. The van der Waals surface area contributed by atoms with Crippen LogP contribution in [0.1, 0.15) is 31.9 Å². The summed E-state index contributed by atoms with van der Waals surface area (Å²) in [5, 5.41) is 2.51. The van der Waals surface area contributed by atoms with Crippen LogP contribution in [-0.4, -0.2) is 77.2 Å². The molecule has 10 heteroatoms. The first-order valence-corrected chi connectivity index (χ1v) is 13.1. The van der Waals surface area contributed by atoms with E-state index in [1.54, 1.807) is 32.7 Å². The molecular weight excluding hydrogens is 494 g/mol. The van der Waals surface area contributed by atoms with Crippen LogP contribution in [0.5, 0.6) is 0 Å². The van der Waals surface area contributed by atoms with Crippen LogP contribution in [0.15, 0.2) is 55.1 Å². The first kappa shape index (κ1) is 27.8. The lowest BCUT2D eigenvalue weighted by Gasteiger charge is -2.36. The molecule has 4 rings (SSSR count). The molecular formula is C29H37N7O3. The molecule has 1 saturated heterocycles. The molecule has 1 aliphatic rings. The minimum Gasteiger partial charge on any atom is -0.444 e. The summed E-state index contributed by atoms with van der Waals surface area (Å²) in [5.41, 5.74) is 4.54. The number of piperazine rings is 1. The number of carbonyl (C=O) groups excluding carboxylic acids is 2. The van der Waals surface area contributed by atoms with Crippen LogP contribution in [-0.2, 0) is 16.1 Å². The number of hydrogen-bond acceptors (Lipinski definition) is 8. The fourth-order valence-corrected chi connectivity index (χ4v) is 4.32. The van der Waals surface area contributed by atoms with Crippen molar-refractivity contribution < 1.29 is 14.3 Å². The second kappa shape index (κ2) is 12.1. The number of likely N-dealkylation sites (N-methyl/N-ethyl adjacent to an activating group) is 1. The zero-order valence-corrected chi connectivity index (χ0v) is 23.3. The summed E-state index contributed by atoms with van der Waals surface area (Å²) in [7, 11) is 1.71. The van der Waals surface area contributed by atoms with Gasteiger partial charge in [0, 0.05) is 63.9 Å². The number of hydrogen-bond donors (Lipinski definition) is 1. The highest BCUT2D eigenvalue weighted by atomic mass is 16.6. The zero-order chi connectivity index (χ0) is 28.0. The molecule has 206 valence electrons. The van der Waals surface area contributed by atoms with Crippen LogP contribution in [0.4, 0.5) is 16.4 Å². The lowest BCUT2D eigenvalue weighted by molar-refractivity contribution is -0.129. The van der Waals surface area contributed by atoms with Gasteiger partial charge in [-0.25, -0.2) is 14.8 Å². The first-order chi connectivity index (χ1) is 18.6. The van der Waals surface area contributed by atoms with Gasteiger partial charge < -0.3 is 24.8 Å². The van der Waals surface area contributed by atoms with Gasteiger partial charge in [0.2, 0.25) is 11.9 Å². The summed E-state index contributed by atoms with van der Waals surface area (Å²) in [6.07, 6.45) is 6.86. The Morgan fingerprint density at radius 3 is 2.33 bits per heavy atom. The van der Waals surface area contributed by atoms with Gasteiger partial charge in [-0.15, -0.1) is 0 Å². The molecule has 0 atom stereocenters. The van der Waals surface area contributed by atoms with E-state index >= 15 is 0 Å². The molecule has 1 fully saturated rings. The fourth-order valence-electron chi connectivity index (χ4n) is 4.32. The number of benzene rings is 1. The predicted octanol–water partition coefficient (Wildman–Crippen LogP) is 3.66. The summed E-state index contributed by atoms with van der Waals surface area (Å²) >= 11 is 0. The normalized spacial score (nSPS) is 13.7. The van der Waals surface area contributed by atoms with E-state index < -0.39 is 11.7 Å². The zero-order valence-electron chi connectivity index (χ0n) is 23.3. The van der Waals surface area contributed by atoms with Crippen molar-refractivity contribution in [3.8, 4) is 11.1 Å². The summed E-state index contributed by atoms with van der Waals surface area (Å²) in [5.74, 6) is 0.512. The Balaban J connectivity index is 1.31. The minimum absolute atomic E-state index is 0.128. The van der Waals surface area contributed by atoms with Gasteiger partial charge in [-0.05, 0) is 56.5 Å². The summed E-state index contributed by atoms with van der Waals surface area (Å²) < 4.78 is 5.18. The standard InChI is InChI=1S/C29H37N7O3/c1-21-13-25(18-30-15-21)35-9-11-36(12-10-35)27-31-16-24(17-32-27)23-8-6-7-22(14-23)20-34(5)26(37)19-33-28(38)39-29(2,3)4/h6-8,13-18H,9-12,19-20H2,1-5H3,(H,33,38). The number of carbonyl (C=O) groups is 2. The predicted molar refractivity (Wildman–Crippen MR) is 152 cm³/mol. The SMILES string of the molecule is Cc1cncc(N2CCN(c3ncc(-c4cccc(CN(C)C(=O)CNC(=O)OC(C)(C)C)c4)cn3)CC2)c1. The van der Waals surface area contributed by atoms with Crippen molar-refractivity contribution in [2.75, 3.05) is 49.6 Å². The van der Waals surface area contributed by atoms with Crippen molar-refractivity contribution in [2.45, 2.75) is 39.8 Å². The Hall–Kier alpha value is -4.21. The van der Waals surface area contributed by atoms with E-state index in [0.29, 0.717) is 6.54 Å². The van der Waals surface area contributed by atoms with E-state index in [9.17, 15) is 9.59 Å². The Morgan fingerprint density at radius 1 is 0.974 bits per heavy atom. The molecule has 1 N–H and O–H groups in total. The van der Waals surface area contributed by atoms with Crippen LogP contribution < -0.4 is 15.1 Å². The van der Waals surface area contributed by atoms with Gasteiger partial charge in [0.15, 0.2) is 0 Å². The number of aromatic nitrogens is 3. The van der Waals surface area contributed by atoms with Gasteiger partial charge in [0.25, 0.3) is 0 Å². The second-order valence-corrected chi connectivity index (χ2v) is 10.8. The molecule has 2 aromatic heterocycles. The van der Waals surface area contributed by atoms with Gasteiger partial charge in [-0.3, -0.25) is 9.78 Å². The molecule has 0 saturated carbocycles. The van der Waals surface area contributed by atoms with Crippen molar-refractivity contribution in [3.05, 3.63) is 66.2 Å². The number of anilines is 2. The summed E-state index contributed by atoms with van der Waals surface area (Å²) in [6, 6.07) is 10.1. The number of amides is 2. The van der Waals surface area contributed by atoms with Crippen molar-refractivity contribution in [1.82, 2.24) is 25.2 Å². The fraction of sp³-hybridized carbons (Fsp3) is 0.414. The smallest absolute Gasteiger partial charge is 0.408 e. The lowest BCUT2D eigenvalue weighted by atomic mass is 10.1. The molecule has 0 aliphatic carbocycles. The van der Waals surface area contributed by atoms with E-state index in [0.717, 1.165) is 60.1 Å². The monoisotopic (exact) mass is 531 g/mol. The van der Waals surface area contributed by atoms with Crippen LogP contribution in [0.25, 0.3) is 11.1 Å². The molecule has 10 nitrogen and oxygen atoms in total. The average molecular weight is 532 g/mol. The molecule has 3 heterocycles. The largest absolute Gasteiger partial charge is 0.444 e. The maximum atomic E-state index is 12.5. The van der Waals surface area contributed by atoms with E-state index in [1.165, 1.54) is 0 Å². The number of pyridine rings is 1. The maximum absolute atomic E-state index is 12.5. The summed E-state index contributed by atoms with van der Waals surface area (Å²) in [6.45, 7) is 11.1. The van der Waals surface area contributed by atoms with Crippen molar-refractivity contribution >= 4 is 23.6 Å².